The minimum atomic E-state index is -4.07. The van der Waals surface area contributed by atoms with Gasteiger partial charge in [0.15, 0.2) is 6.61 Å². The van der Waals surface area contributed by atoms with E-state index in [2.05, 4.69) is 26.1 Å². The first-order valence-electron chi connectivity index (χ1n) is 8.79. The third-order valence-electron chi connectivity index (χ3n) is 3.91. The summed E-state index contributed by atoms with van der Waals surface area (Å²) in [5.74, 6) is -2.22. The number of rotatable bonds is 7. The summed E-state index contributed by atoms with van der Waals surface area (Å²) in [6.45, 7) is 4.96. The van der Waals surface area contributed by atoms with Crippen molar-refractivity contribution in [3.8, 4) is 0 Å². The molecule has 2 aromatic rings. The molecule has 2 aromatic carbocycles. The van der Waals surface area contributed by atoms with Crippen LogP contribution in [0.3, 0.4) is 0 Å². The van der Waals surface area contributed by atoms with E-state index in [0.29, 0.717) is 5.69 Å². The van der Waals surface area contributed by atoms with Gasteiger partial charge >= 0.3 is 5.97 Å². The molecule has 7 nitrogen and oxygen atoms in total. The van der Waals surface area contributed by atoms with Gasteiger partial charge in [-0.3, -0.25) is 9.59 Å². The molecule has 9 heteroatoms. The molecule has 0 saturated heterocycles. The SMILES string of the molecule is CC(C)(C)c1ccc(NC(=O)COC(=O)CNS(=O)(=O)c2cccc(F)c2)cc1. The number of sulfonamides is 1. The zero-order valence-corrected chi connectivity index (χ0v) is 17.2. The van der Waals surface area contributed by atoms with Crippen LogP contribution in [0, 0.1) is 5.82 Å². The van der Waals surface area contributed by atoms with Gasteiger partial charge in [0, 0.05) is 5.69 Å². The molecule has 0 aromatic heterocycles. The highest BCUT2D eigenvalue weighted by Crippen LogP contribution is 2.23. The van der Waals surface area contributed by atoms with E-state index in [9.17, 15) is 22.4 Å². The Morgan fingerprint density at radius 2 is 1.72 bits per heavy atom. The predicted molar refractivity (Wildman–Crippen MR) is 106 cm³/mol. The van der Waals surface area contributed by atoms with Gasteiger partial charge in [0.2, 0.25) is 10.0 Å². The molecule has 0 heterocycles. The number of benzene rings is 2. The number of nitrogens with one attached hydrogen (secondary N) is 2. The molecule has 0 radical (unpaired) electrons. The van der Waals surface area contributed by atoms with Crippen molar-refractivity contribution in [2.24, 2.45) is 0 Å². The molecule has 29 heavy (non-hydrogen) atoms. The number of halogens is 1. The predicted octanol–water partition coefficient (Wildman–Crippen LogP) is 2.58. The molecule has 0 saturated carbocycles. The Hall–Kier alpha value is -2.78. The normalized spacial score (nSPS) is 11.7. The maximum atomic E-state index is 13.1. The van der Waals surface area contributed by atoms with Gasteiger partial charge in [0.05, 0.1) is 4.90 Å². The Balaban J connectivity index is 1.80. The molecule has 0 aliphatic rings. The summed E-state index contributed by atoms with van der Waals surface area (Å²) in [6.07, 6.45) is 0. The fraction of sp³-hybridized carbons (Fsp3) is 0.300. The molecule has 156 valence electrons. The highest BCUT2D eigenvalue weighted by molar-refractivity contribution is 7.89. The van der Waals surface area contributed by atoms with Gasteiger partial charge in [0.1, 0.15) is 12.4 Å². The largest absolute Gasteiger partial charge is 0.455 e. The molecule has 0 unspecified atom stereocenters. The van der Waals surface area contributed by atoms with Crippen LogP contribution in [0.15, 0.2) is 53.4 Å². The molecule has 2 rings (SSSR count). The van der Waals surface area contributed by atoms with Crippen molar-refractivity contribution in [2.75, 3.05) is 18.5 Å². The number of ether oxygens (including phenoxy) is 1. The molecule has 1 amide bonds. The van der Waals surface area contributed by atoms with Gasteiger partial charge in [-0.2, -0.15) is 4.72 Å². The Labute approximate surface area is 169 Å². The van der Waals surface area contributed by atoms with Crippen molar-refractivity contribution < 1.29 is 27.1 Å². The minimum absolute atomic E-state index is 0.0169. The zero-order chi connectivity index (χ0) is 21.7. The standard InChI is InChI=1S/C20H23FN2O5S/c1-20(2,3)14-7-9-16(10-8-14)23-18(24)13-28-19(25)12-22-29(26,27)17-6-4-5-15(21)11-17/h4-11,22H,12-13H2,1-3H3,(H,23,24). The Bertz CT molecular complexity index is 983. The minimum Gasteiger partial charge on any atom is -0.455 e. The van der Waals surface area contributed by atoms with Crippen LogP contribution in [-0.2, 0) is 29.8 Å². The molecule has 0 spiro atoms. The van der Waals surface area contributed by atoms with Crippen LogP contribution < -0.4 is 10.0 Å². The lowest BCUT2D eigenvalue weighted by molar-refractivity contribution is -0.146. The summed E-state index contributed by atoms with van der Waals surface area (Å²) < 4.78 is 43.9. The lowest BCUT2D eigenvalue weighted by atomic mass is 9.87. The van der Waals surface area contributed by atoms with E-state index in [1.165, 1.54) is 12.1 Å². The summed E-state index contributed by atoms with van der Waals surface area (Å²) in [4.78, 5) is 23.3. The van der Waals surface area contributed by atoms with Crippen molar-refractivity contribution in [3.05, 3.63) is 59.9 Å². The van der Waals surface area contributed by atoms with E-state index in [1.54, 1.807) is 12.1 Å². The second kappa shape index (κ2) is 9.15. The van der Waals surface area contributed by atoms with Crippen molar-refractivity contribution in [2.45, 2.75) is 31.1 Å². The quantitative estimate of drug-likeness (QED) is 0.668. The zero-order valence-electron chi connectivity index (χ0n) is 16.4. The first-order chi connectivity index (χ1) is 13.5. The molecule has 2 N–H and O–H groups in total. The summed E-state index contributed by atoms with van der Waals surface area (Å²) >= 11 is 0. The van der Waals surface area contributed by atoms with Crippen LogP contribution in [-0.4, -0.2) is 33.4 Å². The monoisotopic (exact) mass is 422 g/mol. The smallest absolute Gasteiger partial charge is 0.321 e. The van der Waals surface area contributed by atoms with Crippen LogP contribution in [0.1, 0.15) is 26.3 Å². The second-order valence-corrected chi connectivity index (χ2v) is 9.09. The van der Waals surface area contributed by atoms with Gasteiger partial charge in [-0.15, -0.1) is 0 Å². The summed E-state index contributed by atoms with van der Waals surface area (Å²) in [6, 6.07) is 11.6. The van der Waals surface area contributed by atoms with Gasteiger partial charge in [0.25, 0.3) is 5.91 Å². The van der Waals surface area contributed by atoms with E-state index in [4.69, 9.17) is 4.74 Å². The van der Waals surface area contributed by atoms with Crippen LogP contribution in [0.2, 0.25) is 0 Å². The summed E-state index contributed by atoms with van der Waals surface area (Å²) in [7, 11) is -4.07. The Morgan fingerprint density at radius 1 is 1.07 bits per heavy atom. The lowest BCUT2D eigenvalue weighted by Gasteiger charge is -2.19. The number of carbonyl (C=O) groups is 2. The van der Waals surface area contributed by atoms with E-state index >= 15 is 0 Å². The van der Waals surface area contributed by atoms with Crippen LogP contribution in [0.4, 0.5) is 10.1 Å². The number of anilines is 1. The third kappa shape index (κ3) is 6.95. The van der Waals surface area contributed by atoms with E-state index in [0.717, 1.165) is 17.7 Å². The average molecular weight is 422 g/mol. The van der Waals surface area contributed by atoms with Gasteiger partial charge in [-0.05, 0) is 41.3 Å². The van der Waals surface area contributed by atoms with Crippen molar-refractivity contribution in [1.29, 1.82) is 0 Å². The highest BCUT2D eigenvalue weighted by Gasteiger charge is 2.17. The summed E-state index contributed by atoms with van der Waals surface area (Å²) in [5.41, 5.74) is 1.63. The van der Waals surface area contributed by atoms with Crippen molar-refractivity contribution >= 4 is 27.6 Å². The van der Waals surface area contributed by atoms with E-state index in [-0.39, 0.29) is 10.3 Å². The number of hydrogen-bond acceptors (Lipinski definition) is 5. The Morgan fingerprint density at radius 3 is 2.31 bits per heavy atom. The maximum absolute atomic E-state index is 13.1. The van der Waals surface area contributed by atoms with Crippen LogP contribution in [0.5, 0.6) is 0 Å². The number of hydrogen-bond donors (Lipinski definition) is 2. The first-order valence-corrected chi connectivity index (χ1v) is 10.3. The molecule has 0 aliphatic carbocycles. The van der Waals surface area contributed by atoms with E-state index < -0.39 is 40.9 Å². The second-order valence-electron chi connectivity index (χ2n) is 7.32. The topological polar surface area (TPSA) is 102 Å². The Kier molecular flexibility index (Phi) is 7.10. The lowest BCUT2D eigenvalue weighted by Crippen LogP contribution is -2.32. The summed E-state index contributed by atoms with van der Waals surface area (Å²) in [5, 5.41) is 2.58. The fourth-order valence-electron chi connectivity index (χ4n) is 2.32. The molecule has 0 aliphatic heterocycles. The van der Waals surface area contributed by atoms with Crippen LogP contribution in [0.25, 0.3) is 0 Å². The van der Waals surface area contributed by atoms with Crippen LogP contribution >= 0.6 is 0 Å². The van der Waals surface area contributed by atoms with Crippen molar-refractivity contribution in [3.63, 3.8) is 0 Å². The molecule has 0 atom stereocenters. The maximum Gasteiger partial charge on any atom is 0.321 e. The molecular weight excluding hydrogens is 399 g/mol. The van der Waals surface area contributed by atoms with E-state index in [1.807, 2.05) is 16.9 Å². The van der Waals surface area contributed by atoms with Gasteiger partial charge < -0.3 is 10.1 Å². The third-order valence-corrected chi connectivity index (χ3v) is 5.31. The number of carbonyl (C=O) groups excluding carboxylic acids is 2. The fourth-order valence-corrected chi connectivity index (χ4v) is 3.32. The average Bonchev–Trinajstić information content (AvgIpc) is 2.64. The number of amides is 1. The van der Waals surface area contributed by atoms with Gasteiger partial charge in [-0.1, -0.05) is 39.0 Å². The van der Waals surface area contributed by atoms with Crippen molar-refractivity contribution in [1.82, 2.24) is 4.72 Å². The molecule has 0 fully saturated rings. The number of esters is 1. The first kappa shape index (κ1) is 22.5. The highest BCUT2D eigenvalue weighted by atomic mass is 32.2. The van der Waals surface area contributed by atoms with Gasteiger partial charge in [-0.25, -0.2) is 12.8 Å². The molecular formula is C20H23FN2O5S. The molecule has 0 bridgehead atoms.